The van der Waals surface area contributed by atoms with Crippen molar-refractivity contribution in [2.75, 3.05) is 20.3 Å². The van der Waals surface area contributed by atoms with E-state index in [1.165, 1.54) is 22.8 Å². The van der Waals surface area contributed by atoms with E-state index in [1.54, 1.807) is 31.5 Å². The zero-order valence-electron chi connectivity index (χ0n) is 20.0. The predicted octanol–water partition coefficient (Wildman–Crippen LogP) is 5.23. The van der Waals surface area contributed by atoms with Gasteiger partial charge < -0.3 is 18.6 Å². The fraction of sp³-hybridized carbons (Fsp3) is 0.296. The molecule has 0 spiro atoms. The Morgan fingerprint density at radius 3 is 2.49 bits per heavy atom. The molecule has 192 valence electrons. The van der Waals surface area contributed by atoms with Gasteiger partial charge in [-0.25, -0.2) is 0 Å². The van der Waals surface area contributed by atoms with Gasteiger partial charge in [-0.3, -0.25) is 4.79 Å². The maximum Gasteiger partial charge on any atom is 0.398 e. The van der Waals surface area contributed by atoms with Crippen molar-refractivity contribution < 1.29 is 27.2 Å². The summed E-state index contributed by atoms with van der Waals surface area (Å²) in [6.07, 6.45) is -2.44. The van der Waals surface area contributed by atoms with Crippen LogP contribution >= 0.6 is 0 Å². The fourth-order valence-electron chi connectivity index (χ4n) is 4.21. The molecule has 0 amide bonds. The van der Waals surface area contributed by atoms with E-state index in [9.17, 15) is 18.0 Å². The van der Waals surface area contributed by atoms with Crippen LogP contribution in [-0.4, -0.2) is 41.2 Å². The van der Waals surface area contributed by atoms with Crippen LogP contribution in [0.2, 0.25) is 0 Å². The summed E-state index contributed by atoms with van der Waals surface area (Å²) in [4.78, 5) is 16.9. The topological polar surface area (TPSA) is 79.4 Å². The van der Waals surface area contributed by atoms with Gasteiger partial charge in [-0.2, -0.15) is 18.2 Å². The van der Waals surface area contributed by atoms with Crippen molar-refractivity contribution in [2.45, 2.75) is 31.0 Å². The Kier molecular flexibility index (Phi) is 6.59. The van der Waals surface area contributed by atoms with Crippen molar-refractivity contribution >= 4 is 0 Å². The van der Waals surface area contributed by atoms with Gasteiger partial charge in [-0.15, -0.1) is 0 Å². The van der Waals surface area contributed by atoms with Crippen molar-refractivity contribution in [3.05, 3.63) is 88.3 Å². The smallest absolute Gasteiger partial charge is 0.398 e. The highest BCUT2D eigenvalue weighted by molar-refractivity contribution is 5.59. The zero-order chi connectivity index (χ0) is 26.0. The van der Waals surface area contributed by atoms with E-state index in [1.807, 2.05) is 24.3 Å². The maximum atomic E-state index is 13.4. The van der Waals surface area contributed by atoms with Crippen LogP contribution in [0.4, 0.5) is 13.2 Å². The molecule has 0 bridgehead atoms. The van der Waals surface area contributed by atoms with E-state index in [0.29, 0.717) is 36.6 Å². The van der Waals surface area contributed by atoms with Gasteiger partial charge >= 0.3 is 6.18 Å². The number of alkyl halides is 3. The predicted molar refractivity (Wildman–Crippen MR) is 129 cm³/mol. The highest BCUT2D eigenvalue weighted by Crippen LogP contribution is 2.58. The standard InChI is InChI=1S/C27H24F3N3O4/c1-35-13-14-36-22-4-2-3-18(15-22)16-33-17-20(7-10-23(33)34)24-31-25(37-32-24)19-5-8-21(9-6-19)26(11-12-26)27(28,29)30/h2-10,15,17H,11-14,16H2,1H3. The summed E-state index contributed by atoms with van der Waals surface area (Å²) >= 11 is 0. The van der Waals surface area contributed by atoms with Gasteiger partial charge in [0.2, 0.25) is 5.82 Å². The van der Waals surface area contributed by atoms with Crippen LogP contribution in [0, 0.1) is 0 Å². The van der Waals surface area contributed by atoms with E-state index in [4.69, 9.17) is 14.0 Å². The van der Waals surface area contributed by atoms with Crippen LogP contribution in [0.15, 0.2) is 76.2 Å². The second kappa shape index (κ2) is 9.85. The normalized spacial score (nSPS) is 14.5. The van der Waals surface area contributed by atoms with Crippen LogP contribution in [0.3, 0.4) is 0 Å². The fourth-order valence-corrected chi connectivity index (χ4v) is 4.21. The Balaban J connectivity index is 1.33. The third-order valence-electron chi connectivity index (χ3n) is 6.45. The van der Waals surface area contributed by atoms with Crippen LogP contribution in [0.25, 0.3) is 22.8 Å². The van der Waals surface area contributed by atoms with E-state index < -0.39 is 11.6 Å². The lowest BCUT2D eigenvalue weighted by Gasteiger charge is -2.19. The van der Waals surface area contributed by atoms with E-state index in [0.717, 1.165) is 5.56 Å². The van der Waals surface area contributed by atoms with Crippen LogP contribution in [0.5, 0.6) is 5.75 Å². The summed E-state index contributed by atoms with van der Waals surface area (Å²) in [5.41, 5.74) is 0.243. The van der Waals surface area contributed by atoms with Gasteiger partial charge in [0.25, 0.3) is 11.4 Å². The zero-order valence-corrected chi connectivity index (χ0v) is 20.0. The molecule has 37 heavy (non-hydrogen) atoms. The van der Waals surface area contributed by atoms with Gasteiger partial charge in [-0.05, 0) is 54.3 Å². The molecule has 1 saturated carbocycles. The number of aromatic nitrogens is 3. The molecule has 0 aliphatic heterocycles. The Hall–Kier alpha value is -3.92. The number of halogens is 3. The Bertz CT molecular complexity index is 1440. The van der Waals surface area contributed by atoms with Crippen molar-refractivity contribution in [2.24, 2.45) is 0 Å². The summed E-state index contributed by atoms with van der Waals surface area (Å²) in [5, 5.41) is 4.01. The number of benzene rings is 2. The number of rotatable bonds is 9. The summed E-state index contributed by atoms with van der Waals surface area (Å²) in [7, 11) is 1.60. The second-order valence-corrected chi connectivity index (χ2v) is 8.95. The highest BCUT2D eigenvalue weighted by atomic mass is 19.4. The molecule has 7 nitrogen and oxygen atoms in total. The summed E-state index contributed by atoms with van der Waals surface area (Å²) in [6, 6.07) is 16.5. The number of hydrogen-bond acceptors (Lipinski definition) is 6. The first-order valence-corrected chi connectivity index (χ1v) is 11.7. The summed E-state index contributed by atoms with van der Waals surface area (Å²) in [6.45, 7) is 1.19. The molecule has 10 heteroatoms. The largest absolute Gasteiger partial charge is 0.491 e. The lowest BCUT2D eigenvalue weighted by molar-refractivity contribution is -0.160. The van der Waals surface area contributed by atoms with E-state index in [2.05, 4.69) is 10.1 Å². The first-order chi connectivity index (χ1) is 17.8. The van der Waals surface area contributed by atoms with Gasteiger partial charge in [0, 0.05) is 30.5 Å². The van der Waals surface area contributed by atoms with Crippen LogP contribution in [0.1, 0.15) is 24.0 Å². The molecule has 0 radical (unpaired) electrons. The molecule has 1 fully saturated rings. The first kappa shape index (κ1) is 24.8. The lowest BCUT2D eigenvalue weighted by atomic mass is 9.94. The van der Waals surface area contributed by atoms with Crippen LogP contribution in [-0.2, 0) is 16.7 Å². The SMILES string of the molecule is COCCOc1cccc(Cn2cc(-c3noc(-c4ccc(C5(C(F)(F)F)CC5)cc4)n3)ccc2=O)c1. The monoisotopic (exact) mass is 511 g/mol. The molecule has 2 aromatic carbocycles. The van der Waals surface area contributed by atoms with Crippen molar-refractivity contribution in [1.29, 1.82) is 0 Å². The Labute approximate surface area is 210 Å². The minimum absolute atomic E-state index is 0.0986. The maximum absolute atomic E-state index is 13.4. The molecule has 4 aromatic rings. The molecule has 0 atom stereocenters. The quantitative estimate of drug-likeness (QED) is 0.286. The highest BCUT2D eigenvalue weighted by Gasteiger charge is 2.64. The molecule has 0 N–H and O–H groups in total. The third-order valence-corrected chi connectivity index (χ3v) is 6.45. The van der Waals surface area contributed by atoms with Crippen molar-refractivity contribution in [3.8, 4) is 28.6 Å². The average molecular weight is 512 g/mol. The molecule has 2 aromatic heterocycles. The molecule has 2 heterocycles. The minimum Gasteiger partial charge on any atom is -0.491 e. The summed E-state index contributed by atoms with van der Waals surface area (Å²) in [5.74, 6) is 1.12. The van der Waals surface area contributed by atoms with Crippen molar-refractivity contribution in [3.63, 3.8) is 0 Å². The molecule has 5 rings (SSSR count). The van der Waals surface area contributed by atoms with Gasteiger partial charge in [0.05, 0.1) is 18.6 Å². The van der Waals surface area contributed by atoms with Crippen LogP contribution < -0.4 is 10.3 Å². The Morgan fingerprint density at radius 2 is 1.78 bits per heavy atom. The number of ether oxygens (including phenoxy) is 2. The van der Waals surface area contributed by atoms with E-state index in [-0.39, 0.29) is 35.7 Å². The first-order valence-electron chi connectivity index (χ1n) is 11.7. The molecular weight excluding hydrogens is 487 g/mol. The van der Waals surface area contributed by atoms with Gasteiger partial charge in [0.15, 0.2) is 0 Å². The number of pyridine rings is 1. The van der Waals surface area contributed by atoms with Crippen molar-refractivity contribution in [1.82, 2.24) is 14.7 Å². The molecular formula is C27H24F3N3O4. The molecule has 0 saturated heterocycles. The van der Waals surface area contributed by atoms with Gasteiger partial charge in [-0.1, -0.05) is 29.4 Å². The van der Waals surface area contributed by atoms with Gasteiger partial charge in [0.1, 0.15) is 12.4 Å². The third kappa shape index (κ3) is 5.15. The second-order valence-electron chi connectivity index (χ2n) is 8.95. The number of methoxy groups -OCH3 is 1. The Morgan fingerprint density at radius 1 is 1.03 bits per heavy atom. The molecule has 0 unspecified atom stereocenters. The number of nitrogens with zero attached hydrogens (tertiary/aromatic N) is 3. The average Bonchev–Trinajstić information content (AvgIpc) is 3.57. The summed E-state index contributed by atoms with van der Waals surface area (Å²) < 4.78 is 57.7. The minimum atomic E-state index is -4.27. The molecule has 1 aliphatic rings. The van der Waals surface area contributed by atoms with E-state index >= 15 is 0 Å². The lowest BCUT2D eigenvalue weighted by Crippen LogP contribution is -2.28. The number of hydrogen-bond donors (Lipinski definition) is 0. The molecule has 1 aliphatic carbocycles.